The Morgan fingerprint density at radius 3 is 1.49 bits per heavy atom. The average Bonchev–Trinajstić information content (AvgIpc) is 2.99. The van der Waals surface area contributed by atoms with Crippen LogP contribution >= 0.6 is 7.82 Å². The second-order valence-electron chi connectivity index (χ2n) is 12.4. The van der Waals surface area contributed by atoms with E-state index in [1.165, 1.54) is 116 Å². The van der Waals surface area contributed by atoms with Crippen molar-refractivity contribution in [3.05, 3.63) is 0 Å². The van der Waals surface area contributed by atoms with Crippen molar-refractivity contribution in [2.45, 2.75) is 193 Å². The number of phosphoric acid groups is 1. The van der Waals surface area contributed by atoms with E-state index in [9.17, 15) is 19.4 Å². The number of nitrogens with two attached hydrogens (primary N) is 1. The molecule has 0 bridgehead atoms. The molecule has 0 saturated heterocycles. The SMILES string of the molecule is CCCCCCCCCCCCCCC(=O)NC(COP(=O)(O)OCCN)C(O)CCCCCCCCCCCCCC. The summed E-state index contributed by atoms with van der Waals surface area (Å²) in [4.78, 5) is 22.5. The summed E-state index contributed by atoms with van der Waals surface area (Å²) in [5.74, 6) is -0.162. The zero-order chi connectivity index (χ0) is 31.9. The van der Waals surface area contributed by atoms with Gasteiger partial charge in [0.1, 0.15) is 0 Å². The third kappa shape index (κ3) is 29.9. The van der Waals surface area contributed by atoms with Crippen LogP contribution in [0.1, 0.15) is 181 Å². The number of rotatable bonds is 34. The minimum Gasteiger partial charge on any atom is -0.391 e. The lowest BCUT2D eigenvalue weighted by atomic mass is 10.0. The average molecular weight is 635 g/mol. The predicted octanol–water partition coefficient (Wildman–Crippen LogP) is 9.11. The summed E-state index contributed by atoms with van der Waals surface area (Å²) >= 11 is 0. The van der Waals surface area contributed by atoms with Crippen molar-refractivity contribution in [1.29, 1.82) is 0 Å². The van der Waals surface area contributed by atoms with E-state index in [2.05, 4.69) is 19.2 Å². The predicted molar refractivity (Wildman–Crippen MR) is 180 cm³/mol. The van der Waals surface area contributed by atoms with Crippen molar-refractivity contribution >= 4 is 13.7 Å². The van der Waals surface area contributed by atoms with Crippen LogP contribution in [0, 0.1) is 0 Å². The Balaban J connectivity index is 4.26. The molecule has 0 saturated carbocycles. The fourth-order valence-electron chi connectivity index (χ4n) is 5.43. The Morgan fingerprint density at radius 1 is 0.674 bits per heavy atom. The van der Waals surface area contributed by atoms with Gasteiger partial charge < -0.3 is 21.1 Å². The standard InChI is InChI=1S/C34H71N2O6P/c1-3-5-7-9-11-13-15-17-19-21-23-25-27-33(37)32(31-42-43(39,40)41-30-29-35)36-34(38)28-26-24-22-20-18-16-14-12-10-8-6-4-2/h32-33,37H,3-31,35H2,1-2H3,(H,36,38)(H,39,40). The summed E-state index contributed by atoms with van der Waals surface area (Å²) in [5.41, 5.74) is 5.35. The Kier molecular flexibility index (Phi) is 31.1. The van der Waals surface area contributed by atoms with E-state index in [1.807, 2.05) is 0 Å². The minimum atomic E-state index is -4.30. The Labute approximate surface area is 265 Å². The molecule has 0 aliphatic rings. The van der Waals surface area contributed by atoms with Crippen LogP contribution < -0.4 is 11.1 Å². The van der Waals surface area contributed by atoms with Gasteiger partial charge in [-0.1, -0.05) is 162 Å². The third-order valence-electron chi connectivity index (χ3n) is 8.21. The molecule has 0 aliphatic heterocycles. The molecule has 0 radical (unpaired) electrons. The van der Waals surface area contributed by atoms with Crippen LogP contribution in [0.5, 0.6) is 0 Å². The summed E-state index contributed by atoms with van der Waals surface area (Å²) < 4.78 is 22.0. The van der Waals surface area contributed by atoms with E-state index >= 15 is 0 Å². The Morgan fingerprint density at radius 2 is 1.07 bits per heavy atom. The van der Waals surface area contributed by atoms with Crippen LogP contribution in [0.4, 0.5) is 0 Å². The van der Waals surface area contributed by atoms with Gasteiger partial charge in [-0.2, -0.15) is 0 Å². The monoisotopic (exact) mass is 635 g/mol. The second kappa shape index (κ2) is 31.5. The normalized spacial score (nSPS) is 14.4. The number of carbonyl (C=O) groups excluding carboxylic acids is 1. The molecule has 0 rings (SSSR count). The van der Waals surface area contributed by atoms with Crippen molar-refractivity contribution in [2.75, 3.05) is 19.8 Å². The van der Waals surface area contributed by atoms with Crippen LogP contribution in [0.25, 0.3) is 0 Å². The van der Waals surface area contributed by atoms with E-state index in [4.69, 9.17) is 14.8 Å². The van der Waals surface area contributed by atoms with Crippen LogP contribution in [0.2, 0.25) is 0 Å². The Bertz CT molecular complexity index is 654. The molecule has 258 valence electrons. The molecule has 0 spiro atoms. The van der Waals surface area contributed by atoms with E-state index in [-0.39, 0.29) is 25.7 Å². The molecule has 5 N–H and O–H groups in total. The van der Waals surface area contributed by atoms with E-state index in [0.29, 0.717) is 12.8 Å². The lowest BCUT2D eigenvalue weighted by Gasteiger charge is -2.25. The molecule has 0 aromatic rings. The smallest absolute Gasteiger partial charge is 0.391 e. The number of hydrogen-bond donors (Lipinski definition) is 4. The van der Waals surface area contributed by atoms with E-state index in [0.717, 1.165) is 38.5 Å². The van der Waals surface area contributed by atoms with Crippen molar-refractivity contribution in [3.63, 3.8) is 0 Å². The van der Waals surface area contributed by atoms with Crippen molar-refractivity contribution < 1.29 is 28.4 Å². The number of amides is 1. The zero-order valence-corrected chi connectivity index (χ0v) is 29.1. The molecule has 43 heavy (non-hydrogen) atoms. The maximum absolute atomic E-state index is 12.7. The van der Waals surface area contributed by atoms with Crippen LogP contribution in [0.15, 0.2) is 0 Å². The summed E-state index contributed by atoms with van der Waals surface area (Å²) in [6, 6.07) is -0.764. The highest BCUT2D eigenvalue weighted by Gasteiger charge is 2.27. The van der Waals surface area contributed by atoms with Gasteiger partial charge in [-0.3, -0.25) is 13.8 Å². The maximum Gasteiger partial charge on any atom is 0.472 e. The number of hydrogen-bond acceptors (Lipinski definition) is 6. The number of unbranched alkanes of at least 4 members (excludes halogenated alkanes) is 22. The first-order chi connectivity index (χ1) is 20.9. The van der Waals surface area contributed by atoms with Gasteiger partial charge in [0.25, 0.3) is 0 Å². The molecule has 0 heterocycles. The van der Waals surface area contributed by atoms with Gasteiger partial charge >= 0.3 is 7.82 Å². The second-order valence-corrected chi connectivity index (χ2v) is 13.9. The quantitative estimate of drug-likeness (QED) is 0.0410. The van der Waals surface area contributed by atoms with Gasteiger partial charge in [-0.05, 0) is 12.8 Å². The summed E-state index contributed by atoms with van der Waals surface area (Å²) in [6.45, 7) is 4.19. The molecule has 1 amide bonds. The molecule has 0 aromatic carbocycles. The van der Waals surface area contributed by atoms with Crippen molar-refractivity contribution in [1.82, 2.24) is 5.32 Å². The number of carbonyl (C=O) groups is 1. The largest absolute Gasteiger partial charge is 0.472 e. The first kappa shape index (κ1) is 42.5. The Hall–Kier alpha value is -0.500. The molecular formula is C34H71N2O6P. The van der Waals surface area contributed by atoms with E-state index < -0.39 is 20.0 Å². The molecule has 3 unspecified atom stereocenters. The van der Waals surface area contributed by atoms with Crippen molar-refractivity contribution in [3.8, 4) is 0 Å². The van der Waals surface area contributed by atoms with Crippen molar-refractivity contribution in [2.24, 2.45) is 5.73 Å². The minimum absolute atomic E-state index is 0.0920. The maximum atomic E-state index is 12.7. The molecule has 0 aromatic heterocycles. The van der Waals surface area contributed by atoms with Gasteiger partial charge in [0, 0.05) is 13.0 Å². The lowest BCUT2D eigenvalue weighted by Crippen LogP contribution is -2.46. The number of phosphoric ester groups is 1. The number of nitrogens with one attached hydrogen (secondary N) is 1. The fourth-order valence-corrected chi connectivity index (χ4v) is 6.19. The topological polar surface area (TPSA) is 131 Å². The van der Waals surface area contributed by atoms with Crippen LogP contribution in [-0.4, -0.2) is 47.8 Å². The van der Waals surface area contributed by atoms with Gasteiger partial charge in [-0.25, -0.2) is 4.57 Å². The number of aliphatic hydroxyl groups is 1. The van der Waals surface area contributed by atoms with Gasteiger partial charge in [0.2, 0.25) is 5.91 Å². The zero-order valence-electron chi connectivity index (χ0n) is 28.2. The van der Waals surface area contributed by atoms with E-state index in [1.54, 1.807) is 0 Å². The summed E-state index contributed by atoms with van der Waals surface area (Å²) in [5, 5.41) is 13.7. The molecule has 3 atom stereocenters. The van der Waals surface area contributed by atoms with Gasteiger partial charge in [0.15, 0.2) is 0 Å². The molecular weight excluding hydrogens is 563 g/mol. The third-order valence-corrected chi connectivity index (χ3v) is 9.20. The lowest BCUT2D eigenvalue weighted by molar-refractivity contribution is -0.123. The summed E-state index contributed by atoms with van der Waals surface area (Å²) in [7, 11) is -4.30. The number of aliphatic hydroxyl groups excluding tert-OH is 1. The molecule has 9 heteroatoms. The first-order valence-electron chi connectivity index (χ1n) is 18.2. The van der Waals surface area contributed by atoms with Crippen LogP contribution in [0.3, 0.4) is 0 Å². The fraction of sp³-hybridized carbons (Fsp3) is 0.971. The first-order valence-corrected chi connectivity index (χ1v) is 19.6. The van der Waals surface area contributed by atoms with Gasteiger partial charge in [0.05, 0.1) is 25.4 Å². The molecule has 0 fully saturated rings. The molecule has 8 nitrogen and oxygen atoms in total. The van der Waals surface area contributed by atoms with Gasteiger partial charge in [-0.15, -0.1) is 0 Å². The molecule has 0 aliphatic carbocycles. The summed E-state index contributed by atoms with van der Waals surface area (Å²) in [6.07, 6.45) is 29.6. The van der Waals surface area contributed by atoms with Crippen LogP contribution in [-0.2, 0) is 18.4 Å². The highest BCUT2D eigenvalue weighted by Crippen LogP contribution is 2.43. The highest BCUT2D eigenvalue weighted by molar-refractivity contribution is 7.47. The highest BCUT2D eigenvalue weighted by atomic mass is 31.2.